The summed E-state index contributed by atoms with van der Waals surface area (Å²) in [6.07, 6.45) is 3.30. The Morgan fingerprint density at radius 3 is 2.32 bits per heavy atom. The number of amides is 1. The second-order valence-electron chi connectivity index (χ2n) is 5.17. The molecular formula is C17H19N3O2. The molecule has 0 aliphatic heterocycles. The van der Waals surface area contributed by atoms with Crippen LogP contribution in [0, 0.1) is 13.8 Å². The third-order valence-electron chi connectivity index (χ3n) is 3.41. The van der Waals surface area contributed by atoms with Crippen LogP contribution < -0.4 is 5.32 Å². The van der Waals surface area contributed by atoms with Gasteiger partial charge in [-0.05, 0) is 37.6 Å². The summed E-state index contributed by atoms with van der Waals surface area (Å²) >= 11 is 0. The van der Waals surface area contributed by atoms with Crippen LogP contribution in [0.25, 0.3) is 6.08 Å². The van der Waals surface area contributed by atoms with Crippen LogP contribution in [0.4, 0.5) is 5.69 Å². The van der Waals surface area contributed by atoms with Crippen LogP contribution in [0.2, 0.25) is 0 Å². The van der Waals surface area contributed by atoms with Crippen LogP contribution in [0.5, 0.6) is 0 Å². The maximum Gasteiger partial charge on any atom is 0.221 e. The number of carbonyl (C=O) groups is 2. The number of aromatic nitrogens is 2. The fourth-order valence-corrected chi connectivity index (χ4v) is 2.27. The first-order valence-corrected chi connectivity index (χ1v) is 6.98. The summed E-state index contributed by atoms with van der Waals surface area (Å²) in [6.45, 7) is 5.17. The summed E-state index contributed by atoms with van der Waals surface area (Å²) in [5.41, 5.74) is 3.86. The Bertz CT molecular complexity index is 740. The molecule has 0 spiro atoms. The average Bonchev–Trinajstić information content (AvgIpc) is 2.70. The third kappa shape index (κ3) is 3.49. The highest BCUT2D eigenvalue weighted by Gasteiger charge is 2.14. The van der Waals surface area contributed by atoms with Gasteiger partial charge in [-0.2, -0.15) is 5.10 Å². The molecule has 0 fully saturated rings. The van der Waals surface area contributed by atoms with E-state index in [1.807, 2.05) is 33.0 Å². The molecule has 0 aliphatic rings. The molecule has 2 rings (SSSR count). The van der Waals surface area contributed by atoms with E-state index in [-0.39, 0.29) is 11.7 Å². The fraction of sp³-hybridized carbons (Fsp3) is 0.235. The zero-order valence-electron chi connectivity index (χ0n) is 13.2. The second kappa shape index (κ2) is 6.39. The van der Waals surface area contributed by atoms with E-state index < -0.39 is 0 Å². The van der Waals surface area contributed by atoms with Crippen molar-refractivity contribution in [3.63, 3.8) is 0 Å². The lowest BCUT2D eigenvalue weighted by atomic mass is 10.1. The van der Waals surface area contributed by atoms with E-state index in [1.165, 1.54) is 6.92 Å². The van der Waals surface area contributed by atoms with Crippen molar-refractivity contribution in [1.82, 2.24) is 9.78 Å². The van der Waals surface area contributed by atoms with Crippen LogP contribution in [-0.4, -0.2) is 21.5 Å². The van der Waals surface area contributed by atoms with Crippen molar-refractivity contribution in [2.45, 2.75) is 20.8 Å². The Balaban J connectivity index is 2.14. The summed E-state index contributed by atoms with van der Waals surface area (Å²) in [4.78, 5) is 23.2. The molecule has 1 aromatic heterocycles. The molecule has 114 valence electrons. The smallest absolute Gasteiger partial charge is 0.221 e. The van der Waals surface area contributed by atoms with Crippen LogP contribution >= 0.6 is 0 Å². The van der Waals surface area contributed by atoms with Gasteiger partial charge in [0.2, 0.25) is 5.91 Å². The quantitative estimate of drug-likeness (QED) is 0.697. The molecule has 1 N–H and O–H groups in total. The van der Waals surface area contributed by atoms with Gasteiger partial charge in [-0.25, -0.2) is 0 Å². The first kappa shape index (κ1) is 15.7. The van der Waals surface area contributed by atoms with Gasteiger partial charge < -0.3 is 5.32 Å². The number of nitrogens with zero attached hydrogens (tertiary/aromatic N) is 2. The van der Waals surface area contributed by atoms with E-state index in [2.05, 4.69) is 10.4 Å². The van der Waals surface area contributed by atoms with Gasteiger partial charge in [0.1, 0.15) is 0 Å². The predicted octanol–water partition coefficient (Wildman–Crippen LogP) is 2.89. The Kier molecular flexibility index (Phi) is 4.56. The van der Waals surface area contributed by atoms with Crippen LogP contribution in [-0.2, 0) is 11.8 Å². The van der Waals surface area contributed by atoms with Crippen molar-refractivity contribution in [2.75, 3.05) is 5.32 Å². The maximum absolute atomic E-state index is 12.3. The number of ketones is 1. The lowest BCUT2D eigenvalue weighted by Gasteiger charge is -2.01. The second-order valence-corrected chi connectivity index (χ2v) is 5.17. The molecule has 5 nitrogen and oxygen atoms in total. The minimum Gasteiger partial charge on any atom is -0.326 e. The largest absolute Gasteiger partial charge is 0.326 e. The summed E-state index contributed by atoms with van der Waals surface area (Å²) in [6, 6.07) is 7.29. The van der Waals surface area contributed by atoms with Gasteiger partial charge in [0, 0.05) is 25.4 Å². The number of benzene rings is 1. The molecule has 5 heteroatoms. The van der Waals surface area contributed by atoms with E-state index in [9.17, 15) is 9.59 Å². The van der Waals surface area contributed by atoms with Crippen molar-refractivity contribution < 1.29 is 9.59 Å². The summed E-state index contributed by atoms with van der Waals surface area (Å²) in [7, 11) is 1.82. The van der Waals surface area contributed by atoms with Gasteiger partial charge in [0.25, 0.3) is 0 Å². The van der Waals surface area contributed by atoms with Crippen LogP contribution in [0.3, 0.4) is 0 Å². The highest BCUT2D eigenvalue weighted by atomic mass is 16.1. The minimum atomic E-state index is -0.110. The van der Waals surface area contributed by atoms with E-state index in [0.29, 0.717) is 5.56 Å². The Hall–Kier alpha value is -2.69. The lowest BCUT2D eigenvalue weighted by molar-refractivity contribution is -0.114. The molecule has 0 saturated carbocycles. The van der Waals surface area contributed by atoms with E-state index in [1.54, 1.807) is 29.0 Å². The molecule has 22 heavy (non-hydrogen) atoms. The van der Waals surface area contributed by atoms with E-state index in [0.717, 1.165) is 22.6 Å². The van der Waals surface area contributed by atoms with Crippen molar-refractivity contribution in [3.8, 4) is 0 Å². The monoisotopic (exact) mass is 297 g/mol. The zero-order valence-corrected chi connectivity index (χ0v) is 13.2. The fourth-order valence-electron chi connectivity index (χ4n) is 2.27. The maximum atomic E-state index is 12.3. The Morgan fingerprint density at radius 2 is 1.82 bits per heavy atom. The summed E-state index contributed by atoms with van der Waals surface area (Å²) in [5.74, 6) is -0.171. The van der Waals surface area contributed by atoms with E-state index >= 15 is 0 Å². The molecular weight excluding hydrogens is 278 g/mol. The number of allylic oxidation sites excluding steroid dienone is 1. The number of anilines is 1. The van der Waals surface area contributed by atoms with Crippen molar-refractivity contribution in [1.29, 1.82) is 0 Å². The van der Waals surface area contributed by atoms with E-state index in [4.69, 9.17) is 0 Å². The molecule has 1 heterocycles. The molecule has 0 atom stereocenters. The molecule has 0 unspecified atom stereocenters. The molecule has 2 aromatic rings. The van der Waals surface area contributed by atoms with Crippen molar-refractivity contribution in [3.05, 3.63) is 52.9 Å². The third-order valence-corrected chi connectivity index (χ3v) is 3.41. The molecule has 0 radical (unpaired) electrons. The molecule has 1 aromatic carbocycles. The number of rotatable bonds is 4. The Morgan fingerprint density at radius 1 is 1.18 bits per heavy atom. The molecule has 0 aliphatic carbocycles. The number of hydrogen-bond donors (Lipinski definition) is 1. The predicted molar refractivity (Wildman–Crippen MR) is 86.8 cm³/mol. The van der Waals surface area contributed by atoms with Gasteiger partial charge in [-0.15, -0.1) is 0 Å². The van der Waals surface area contributed by atoms with Crippen LogP contribution in [0.1, 0.15) is 34.2 Å². The molecule has 0 saturated heterocycles. The lowest BCUT2D eigenvalue weighted by Crippen LogP contribution is -2.05. The van der Waals surface area contributed by atoms with Crippen LogP contribution in [0.15, 0.2) is 30.3 Å². The number of nitrogens with one attached hydrogen (secondary N) is 1. The average molecular weight is 297 g/mol. The zero-order chi connectivity index (χ0) is 16.3. The Labute approximate surface area is 129 Å². The number of aryl methyl sites for hydroxylation is 2. The normalized spacial score (nSPS) is 10.9. The van der Waals surface area contributed by atoms with Gasteiger partial charge in [0.05, 0.1) is 11.3 Å². The molecule has 0 bridgehead atoms. The molecule has 1 amide bonds. The van der Waals surface area contributed by atoms with Gasteiger partial charge in [-0.3, -0.25) is 14.3 Å². The minimum absolute atomic E-state index is 0.0611. The number of hydrogen-bond acceptors (Lipinski definition) is 3. The highest BCUT2D eigenvalue weighted by Crippen LogP contribution is 2.15. The highest BCUT2D eigenvalue weighted by molar-refractivity contribution is 6.08. The SMILES string of the molecule is CC(=O)Nc1ccc(/C=C/C(=O)c2c(C)nn(C)c2C)cc1. The first-order chi connectivity index (χ1) is 10.4. The number of carbonyl (C=O) groups excluding carboxylic acids is 2. The standard InChI is InChI=1S/C17H19N3O2/c1-11-17(12(2)20(4)19-11)16(22)10-7-14-5-8-15(9-6-14)18-13(3)21/h5-10H,1-4H3,(H,18,21)/b10-7+. The van der Waals surface area contributed by atoms with Gasteiger partial charge >= 0.3 is 0 Å². The summed E-state index contributed by atoms with van der Waals surface area (Å²) in [5, 5.41) is 6.95. The van der Waals surface area contributed by atoms with Gasteiger partial charge in [-0.1, -0.05) is 18.2 Å². The topological polar surface area (TPSA) is 64.0 Å². The summed E-state index contributed by atoms with van der Waals surface area (Å²) < 4.78 is 1.71. The van der Waals surface area contributed by atoms with Crippen molar-refractivity contribution in [2.24, 2.45) is 7.05 Å². The first-order valence-electron chi connectivity index (χ1n) is 6.98. The van der Waals surface area contributed by atoms with Gasteiger partial charge in [0.15, 0.2) is 5.78 Å². The van der Waals surface area contributed by atoms with Crippen molar-refractivity contribution >= 4 is 23.5 Å².